The highest BCUT2D eigenvalue weighted by atomic mass is 16.5. The molecule has 2 heteroatoms. The van der Waals surface area contributed by atoms with E-state index in [2.05, 4.69) is 31.4 Å². The minimum absolute atomic E-state index is 0.0243. The van der Waals surface area contributed by atoms with Gasteiger partial charge in [0.05, 0.1) is 5.92 Å². The zero-order valence-corrected chi connectivity index (χ0v) is 19.1. The summed E-state index contributed by atoms with van der Waals surface area (Å²) in [6.07, 6.45) is 18.9. The van der Waals surface area contributed by atoms with E-state index in [1.54, 1.807) is 0 Å². The van der Waals surface area contributed by atoms with Gasteiger partial charge in [0.25, 0.3) is 0 Å². The van der Waals surface area contributed by atoms with E-state index in [1.807, 2.05) is 18.2 Å². The summed E-state index contributed by atoms with van der Waals surface area (Å²) in [6, 6.07) is 7.98. The summed E-state index contributed by atoms with van der Waals surface area (Å²) in [5.74, 6) is 5.12. The van der Waals surface area contributed by atoms with Crippen molar-refractivity contribution in [3.8, 4) is 5.75 Å². The lowest BCUT2D eigenvalue weighted by atomic mass is 9.61. The molecule has 0 aliphatic heterocycles. The van der Waals surface area contributed by atoms with Gasteiger partial charge in [0.1, 0.15) is 5.75 Å². The summed E-state index contributed by atoms with van der Waals surface area (Å²) >= 11 is 0. The molecule has 0 saturated heterocycles. The molecule has 3 fully saturated rings. The molecule has 1 aromatic rings. The minimum atomic E-state index is -0.0243. The van der Waals surface area contributed by atoms with Gasteiger partial charge < -0.3 is 4.74 Å². The van der Waals surface area contributed by atoms with Gasteiger partial charge in [-0.3, -0.25) is 4.79 Å². The molecular weight excluding hydrogens is 380 g/mol. The number of esters is 1. The summed E-state index contributed by atoms with van der Waals surface area (Å²) in [6.45, 7) is 7.80. The Morgan fingerprint density at radius 2 is 1.45 bits per heavy atom. The van der Waals surface area contributed by atoms with Gasteiger partial charge in [-0.15, -0.1) is 13.2 Å². The maximum atomic E-state index is 12.7. The molecule has 2 nitrogen and oxygen atoms in total. The van der Waals surface area contributed by atoms with Crippen molar-refractivity contribution in [2.45, 2.75) is 77.0 Å². The second-order valence-electron chi connectivity index (χ2n) is 10.4. The summed E-state index contributed by atoms with van der Waals surface area (Å²) in [7, 11) is 0. The molecule has 3 aliphatic carbocycles. The number of fused-ring (bicyclic) bond motifs is 1. The number of aryl methyl sites for hydroxylation is 1. The number of benzene rings is 1. The number of hydrogen-bond acceptors (Lipinski definition) is 2. The first-order chi connectivity index (χ1) is 15.2. The highest BCUT2D eigenvalue weighted by Crippen LogP contribution is 2.49. The van der Waals surface area contributed by atoms with Gasteiger partial charge >= 0.3 is 5.97 Å². The van der Waals surface area contributed by atoms with Crippen LogP contribution in [0.5, 0.6) is 5.75 Å². The van der Waals surface area contributed by atoms with Crippen molar-refractivity contribution in [1.82, 2.24) is 0 Å². The minimum Gasteiger partial charge on any atom is -0.426 e. The van der Waals surface area contributed by atoms with E-state index in [0.29, 0.717) is 5.75 Å². The van der Waals surface area contributed by atoms with Crippen molar-refractivity contribution in [2.24, 2.45) is 35.5 Å². The van der Waals surface area contributed by atoms with Crippen LogP contribution in [0.4, 0.5) is 0 Å². The van der Waals surface area contributed by atoms with Gasteiger partial charge in [0.15, 0.2) is 0 Å². The number of allylic oxidation sites excluding steroid dienone is 2. The molecule has 4 unspecified atom stereocenters. The highest BCUT2D eigenvalue weighted by Gasteiger charge is 2.39. The second-order valence-corrected chi connectivity index (χ2v) is 10.4. The molecule has 0 heterocycles. The first-order valence-electron chi connectivity index (χ1n) is 12.7. The zero-order valence-electron chi connectivity index (χ0n) is 19.1. The fourth-order valence-electron chi connectivity index (χ4n) is 6.62. The Bertz CT molecular complexity index is 741. The van der Waals surface area contributed by atoms with Crippen molar-refractivity contribution in [1.29, 1.82) is 0 Å². The van der Waals surface area contributed by atoms with E-state index in [9.17, 15) is 4.79 Å². The Kier molecular flexibility index (Phi) is 7.69. The molecule has 3 aliphatic rings. The Morgan fingerprint density at radius 3 is 2.13 bits per heavy atom. The topological polar surface area (TPSA) is 26.3 Å². The van der Waals surface area contributed by atoms with Crippen LogP contribution >= 0.6 is 0 Å². The predicted octanol–water partition coefficient (Wildman–Crippen LogP) is 7.54. The quantitative estimate of drug-likeness (QED) is 0.259. The monoisotopic (exact) mass is 420 g/mol. The van der Waals surface area contributed by atoms with Gasteiger partial charge in [-0.05, 0) is 124 Å². The van der Waals surface area contributed by atoms with E-state index in [4.69, 9.17) is 4.74 Å². The average Bonchev–Trinajstić information content (AvgIpc) is 2.83. The van der Waals surface area contributed by atoms with E-state index < -0.39 is 0 Å². The van der Waals surface area contributed by atoms with E-state index >= 15 is 0 Å². The van der Waals surface area contributed by atoms with Crippen LogP contribution in [-0.2, 0) is 11.2 Å². The molecule has 4 atom stereocenters. The second kappa shape index (κ2) is 10.7. The standard InChI is InChI=1S/C29H40O2/c1-3-5-6-22-8-17-28(18-9-22)31-29(30)24-13-11-23(12-14-24)26-16-15-25-19-21(4-2)7-10-27(25)20-26/h3-4,8-9,17-18,21,23-27H,1-2,5-7,10-16,19-20H2. The van der Waals surface area contributed by atoms with E-state index in [-0.39, 0.29) is 11.9 Å². The predicted molar refractivity (Wildman–Crippen MR) is 128 cm³/mol. The van der Waals surface area contributed by atoms with Crippen LogP contribution in [0.2, 0.25) is 0 Å². The van der Waals surface area contributed by atoms with Crippen molar-refractivity contribution >= 4 is 5.97 Å². The Labute approximate surface area is 189 Å². The van der Waals surface area contributed by atoms with Crippen molar-refractivity contribution in [3.63, 3.8) is 0 Å². The maximum Gasteiger partial charge on any atom is 0.314 e. The summed E-state index contributed by atoms with van der Waals surface area (Å²) in [5.41, 5.74) is 1.26. The van der Waals surface area contributed by atoms with Gasteiger partial charge in [0.2, 0.25) is 0 Å². The summed E-state index contributed by atoms with van der Waals surface area (Å²) in [5, 5.41) is 0. The van der Waals surface area contributed by atoms with Crippen LogP contribution < -0.4 is 4.74 Å². The smallest absolute Gasteiger partial charge is 0.314 e. The SMILES string of the molecule is C=CCCc1ccc(OC(=O)C2CCC(C3CCC4CC(C=C)CCC4C3)CC2)cc1. The van der Waals surface area contributed by atoms with Crippen LogP contribution in [-0.4, -0.2) is 5.97 Å². The number of carbonyl (C=O) groups excluding carboxylic acids is 1. The van der Waals surface area contributed by atoms with Crippen LogP contribution in [0.25, 0.3) is 0 Å². The summed E-state index contributed by atoms with van der Waals surface area (Å²) in [4.78, 5) is 12.7. The van der Waals surface area contributed by atoms with Crippen molar-refractivity contribution in [3.05, 3.63) is 55.1 Å². The van der Waals surface area contributed by atoms with Crippen LogP contribution in [0, 0.1) is 35.5 Å². The van der Waals surface area contributed by atoms with Crippen LogP contribution in [0.1, 0.15) is 76.2 Å². The molecule has 4 rings (SSSR count). The molecule has 31 heavy (non-hydrogen) atoms. The van der Waals surface area contributed by atoms with Crippen LogP contribution in [0.3, 0.4) is 0 Å². The van der Waals surface area contributed by atoms with Gasteiger partial charge in [0, 0.05) is 0 Å². The van der Waals surface area contributed by atoms with E-state index in [0.717, 1.165) is 55.3 Å². The molecule has 0 bridgehead atoms. The third kappa shape index (κ3) is 5.70. The Hall–Kier alpha value is -1.83. The fraction of sp³-hybridized carbons (Fsp3) is 0.621. The molecule has 0 N–H and O–H groups in total. The van der Waals surface area contributed by atoms with Crippen molar-refractivity contribution < 1.29 is 9.53 Å². The number of carbonyl (C=O) groups is 1. The molecule has 0 aromatic heterocycles. The largest absolute Gasteiger partial charge is 0.426 e. The summed E-state index contributed by atoms with van der Waals surface area (Å²) < 4.78 is 5.72. The Balaban J connectivity index is 1.22. The highest BCUT2D eigenvalue weighted by molar-refractivity contribution is 5.75. The number of ether oxygens (including phenoxy) is 1. The third-order valence-electron chi connectivity index (χ3n) is 8.58. The lowest BCUT2D eigenvalue weighted by molar-refractivity contribution is -0.140. The first kappa shape index (κ1) is 22.4. The fourth-order valence-corrected chi connectivity index (χ4v) is 6.62. The van der Waals surface area contributed by atoms with Gasteiger partial charge in [-0.2, -0.15) is 0 Å². The Morgan fingerprint density at radius 1 is 0.839 bits per heavy atom. The van der Waals surface area contributed by atoms with E-state index in [1.165, 1.54) is 56.9 Å². The molecule has 168 valence electrons. The molecule has 0 amide bonds. The number of rotatable bonds is 7. The molecule has 0 radical (unpaired) electrons. The molecular formula is C29H40O2. The molecule has 3 saturated carbocycles. The maximum absolute atomic E-state index is 12.7. The van der Waals surface area contributed by atoms with Crippen LogP contribution in [0.15, 0.2) is 49.6 Å². The zero-order chi connectivity index (χ0) is 21.6. The average molecular weight is 421 g/mol. The lowest BCUT2D eigenvalue weighted by Crippen LogP contribution is -2.35. The third-order valence-corrected chi connectivity index (χ3v) is 8.58. The number of hydrogen-bond donors (Lipinski definition) is 0. The molecule has 0 spiro atoms. The van der Waals surface area contributed by atoms with Gasteiger partial charge in [-0.25, -0.2) is 0 Å². The molecule has 1 aromatic carbocycles. The van der Waals surface area contributed by atoms with Gasteiger partial charge in [-0.1, -0.05) is 24.3 Å². The lowest BCUT2D eigenvalue weighted by Gasteiger charge is -2.45. The normalized spacial score (nSPS) is 33.2. The van der Waals surface area contributed by atoms with Crippen molar-refractivity contribution in [2.75, 3.05) is 0 Å². The first-order valence-corrected chi connectivity index (χ1v) is 12.7.